The first-order chi connectivity index (χ1) is 12.4. The molecule has 0 atom stereocenters. The van der Waals surface area contributed by atoms with Crippen LogP contribution in [0.1, 0.15) is 0 Å². The quantitative estimate of drug-likeness (QED) is 0.397. The topological polar surface area (TPSA) is 0 Å². The first-order valence-corrected chi connectivity index (χ1v) is 10.6. The molecule has 4 rings (SSSR count). The molecular formula is C24H20Si. The summed E-state index contributed by atoms with van der Waals surface area (Å²) in [6.45, 7) is 0. The van der Waals surface area contributed by atoms with Crippen LogP contribution in [0.2, 0.25) is 0 Å². The van der Waals surface area contributed by atoms with Crippen molar-refractivity contribution in [1.29, 1.82) is 0 Å². The van der Waals surface area contributed by atoms with E-state index in [9.17, 15) is 0 Å². The third-order valence-electron chi connectivity index (χ3n) is 4.83. The zero-order valence-corrected chi connectivity index (χ0v) is 15.0. The maximum absolute atomic E-state index is 2.30. The van der Waals surface area contributed by atoms with Crippen LogP contribution in [0.3, 0.4) is 0 Å². The Bertz CT molecular complexity index is 753. The fraction of sp³-hybridized carbons (Fsp3) is 0. The second-order valence-corrected chi connectivity index (χ2v) is 10.0. The number of rotatable bonds is 4. The normalized spacial score (nSPS) is 11.2. The highest BCUT2D eigenvalue weighted by molar-refractivity contribution is 7.19. The van der Waals surface area contributed by atoms with Gasteiger partial charge in [0, 0.05) is 0 Å². The van der Waals surface area contributed by atoms with E-state index < -0.39 is 8.07 Å². The SMILES string of the molecule is c1ccc([Si](c2ccccc2)(c2ccccc2)c2ccccc2)cc1. The zero-order chi connectivity index (χ0) is 17.0. The smallest absolute Gasteiger partial charge is 0.0623 e. The van der Waals surface area contributed by atoms with Gasteiger partial charge in [-0.3, -0.25) is 0 Å². The molecule has 0 aliphatic heterocycles. The molecule has 1 heteroatoms. The Morgan fingerprint density at radius 3 is 0.680 bits per heavy atom. The summed E-state index contributed by atoms with van der Waals surface area (Å²) in [7, 11) is -2.30. The molecule has 0 aromatic heterocycles. The minimum absolute atomic E-state index is 1.42. The van der Waals surface area contributed by atoms with Crippen LogP contribution in [-0.2, 0) is 0 Å². The second-order valence-electron chi connectivity index (χ2n) is 6.21. The molecule has 0 fully saturated rings. The van der Waals surface area contributed by atoms with Crippen molar-refractivity contribution in [2.24, 2.45) is 0 Å². The lowest BCUT2D eigenvalue weighted by Gasteiger charge is -2.34. The summed E-state index contributed by atoms with van der Waals surface area (Å²) in [6.07, 6.45) is 0. The fourth-order valence-electron chi connectivity index (χ4n) is 3.75. The Kier molecular flexibility index (Phi) is 4.32. The monoisotopic (exact) mass is 336 g/mol. The highest BCUT2D eigenvalue weighted by Crippen LogP contribution is 2.09. The molecule has 0 aliphatic rings. The Morgan fingerprint density at radius 1 is 0.280 bits per heavy atom. The molecule has 4 aromatic carbocycles. The van der Waals surface area contributed by atoms with Crippen LogP contribution in [0.4, 0.5) is 0 Å². The summed E-state index contributed by atoms with van der Waals surface area (Å²) in [4.78, 5) is 0. The molecular weight excluding hydrogens is 316 g/mol. The van der Waals surface area contributed by atoms with Gasteiger partial charge in [-0.1, -0.05) is 121 Å². The summed E-state index contributed by atoms with van der Waals surface area (Å²) >= 11 is 0. The molecule has 0 radical (unpaired) electrons. The number of hydrogen-bond donors (Lipinski definition) is 0. The minimum atomic E-state index is -2.30. The zero-order valence-electron chi connectivity index (χ0n) is 14.0. The van der Waals surface area contributed by atoms with Crippen LogP contribution in [-0.4, -0.2) is 8.07 Å². The van der Waals surface area contributed by atoms with Gasteiger partial charge in [0.15, 0.2) is 8.07 Å². The van der Waals surface area contributed by atoms with E-state index in [2.05, 4.69) is 121 Å². The van der Waals surface area contributed by atoms with Crippen LogP contribution < -0.4 is 20.7 Å². The van der Waals surface area contributed by atoms with Crippen molar-refractivity contribution in [3.8, 4) is 0 Å². The van der Waals surface area contributed by atoms with Crippen molar-refractivity contribution in [2.75, 3.05) is 0 Å². The van der Waals surface area contributed by atoms with Crippen molar-refractivity contribution >= 4 is 28.8 Å². The third-order valence-corrected chi connectivity index (χ3v) is 9.62. The molecule has 0 bridgehead atoms. The van der Waals surface area contributed by atoms with Crippen LogP contribution in [0.25, 0.3) is 0 Å². The van der Waals surface area contributed by atoms with E-state index in [1.165, 1.54) is 20.7 Å². The van der Waals surface area contributed by atoms with Crippen LogP contribution in [0.15, 0.2) is 121 Å². The molecule has 0 amide bonds. The van der Waals surface area contributed by atoms with Crippen molar-refractivity contribution in [3.63, 3.8) is 0 Å². The summed E-state index contributed by atoms with van der Waals surface area (Å²) in [5, 5.41) is 5.66. The van der Waals surface area contributed by atoms with Crippen molar-refractivity contribution in [1.82, 2.24) is 0 Å². The third kappa shape index (κ3) is 2.73. The molecule has 0 nitrogen and oxygen atoms in total. The summed E-state index contributed by atoms with van der Waals surface area (Å²) in [5.74, 6) is 0. The van der Waals surface area contributed by atoms with Gasteiger partial charge < -0.3 is 0 Å². The molecule has 25 heavy (non-hydrogen) atoms. The highest BCUT2D eigenvalue weighted by Gasteiger charge is 2.40. The van der Waals surface area contributed by atoms with Crippen LogP contribution in [0.5, 0.6) is 0 Å². The predicted octanol–water partition coefficient (Wildman–Crippen LogP) is 3.06. The van der Waals surface area contributed by atoms with Crippen LogP contribution >= 0.6 is 0 Å². The van der Waals surface area contributed by atoms with Gasteiger partial charge in [0.25, 0.3) is 0 Å². The summed E-state index contributed by atoms with van der Waals surface area (Å²) in [5.41, 5.74) is 0. The summed E-state index contributed by atoms with van der Waals surface area (Å²) in [6, 6.07) is 44.0. The Hall–Kier alpha value is -2.90. The first kappa shape index (κ1) is 15.6. The molecule has 4 aromatic rings. The van der Waals surface area contributed by atoms with Crippen LogP contribution in [0, 0.1) is 0 Å². The standard InChI is InChI=1S/C24H20Si/c1-5-13-21(14-6-1)25(22-15-7-2-8-16-22,23-17-9-3-10-18-23)24-19-11-4-12-20-24/h1-20H. The summed E-state index contributed by atoms with van der Waals surface area (Å²) < 4.78 is 0. The van der Waals surface area contributed by atoms with E-state index in [0.717, 1.165) is 0 Å². The van der Waals surface area contributed by atoms with E-state index in [0.29, 0.717) is 0 Å². The Labute approximate surface area is 150 Å². The van der Waals surface area contributed by atoms with E-state index in [1.54, 1.807) is 0 Å². The molecule has 0 heterocycles. The molecule has 120 valence electrons. The molecule has 0 spiro atoms. The van der Waals surface area contributed by atoms with E-state index in [-0.39, 0.29) is 0 Å². The lowest BCUT2D eigenvalue weighted by molar-refractivity contribution is 1.66. The second kappa shape index (κ2) is 6.92. The number of hydrogen-bond acceptors (Lipinski definition) is 0. The van der Waals surface area contributed by atoms with E-state index >= 15 is 0 Å². The minimum Gasteiger partial charge on any atom is -0.0623 e. The van der Waals surface area contributed by atoms with Gasteiger partial charge in [-0.05, 0) is 20.7 Å². The Morgan fingerprint density at radius 2 is 0.480 bits per heavy atom. The average Bonchev–Trinajstić information content (AvgIpc) is 2.72. The van der Waals surface area contributed by atoms with Crippen molar-refractivity contribution in [2.45, 2.75) is 0 Å². The van der Waals surface area contributed by atoms with Gasteiger partial charge in [-0.15, -0.1) is 0 Å². The molecule has 0 saturated heterocycles. The predicted molar refractivity (Wildman–Crippen MR) is 110 cm³/mol. The molecule has 0 saturated carbocycles. The van der Waals surface area contributed by atoms with E-state index in [1.807, 2.05) is 0 Å². The highest BCUT2D eigenvalue weighted by atomic mass is 28.3. The van der Waals surface area contributed by atoms with Gasteiger partial charge >= 0.3 is 0 Å². The maximum Gasteiger partial charge on any atom is 0.179 e. The van der Waals surface area contributed by atoms with Gasteiger partial charge in [0.1, 0.15) is 0 Å². The van der Waals surface area contributed by atoms with Crippen molar-refractivity contribution in [3.05, 3.63) is 121 Å². The van der Waals surface area contributed by atoms with Gasteiger partial charge in [0.05, 0.1) is 0 Å². The van der Waals surface area contributed by atoms with Gasteiger partial charge in [-0.2, -0.15) is 0 Å². The number of benzene rings is 4. The van der Waals surface area contributed by atoms with Gasteiger partial charge in [-0.25, -0.2) is 0 Å². The first-order valence-electron chi connectivity index (χ1n) is 8.64. The lowest BCUT2D eigenvalue weighted by atomic mass is 10.3. The van der Waals surface area contributed by atoms with Gasteiger partial charge in [0.2, 0.25) is 0 Å². The fourth-order valence-corrected chi connectivity index (χ4v) is 8.52. The molecule has 0 N–H and O–H groups in total. The average molecular weight is 337 g/mol. The molecule has 0 aliphatic carbocycles. The maximum atomic E-state index is 2.29. The van der Waals surface area contributed by atoms with E-state index in [4.69, 9.17) is 0 Å². The lowest BCUT2D eigenvalue weighted by Crippen LogP contribution is -2.74. The Balaban J connectivity index is 2.13. The largest absolute Gasteiger partial charge is 0.179 e. The van der Waals surface area contributed by atoms with Crippen molar-refractivity contribution < 1.29 is 0 Å². The molecule has 0 unspecified atom stereocenters.